The van der Waals surface area contributed by atoms with Crippen molar-refractivity contribution in [1.29, 1.82) is 0 Å². The van der Waals surface area contributed by atoms with Gasteiger partial charge < -0.3 is 15.1 Å². The van der Waals surface area contributed by atoms with Gasteiger partial charge in [0.2, 0.25) is 5.91 Å². The largest absolute Gasteiger partial charge is 0.416 e. The van der Waals surface area contributed by atoms with E-state index in [0.29, 0.717) is 25.2 Å². The maximum absolute atomic E-state index is 13.4. The van der Waals surface area contributed by atoms with E-state index in [2.05, 4.69) is 15.2 Å². The van der Waals surface area contributed by atoms with Crippen molar-refractivity contribution in [3.63, 3.8) is 0 Å². The third-order valence-corrected chi connectivity index (χ3v) is 6.76. The molecular formula is C26H24F4N4O. The lowest BCUT2D eigenvalue weighted by molar-refractivity contribution is -0.137. The van der Waals surface area contributed by atoms with Crippen LogP contribution in [0.5, 0.6) is 0 Å². The second-order valence-electron chi connectivity index (χ2n) is 8.91. The molecule has 3 aromatic rings. The smallest absolute Gasteiger partial charge is 0.368 e. The Kier molecular flexibility index (Phi) is 6.08. The molecule has 1 amide bonds. The highest BCUT2D eigenvalue weighted by Gasteiger charge is 2.42. The molecule has 5 rings (SSSR count). The number of hydrogen-bond donors (Lipinski definition) is 1. The summed E-state index contributed by atoms with van der Waals surface area (Å²) in [4.78, 5) is 21.6. The minimum atomic E-state index is -4.45. The van der Waals surface area contributed by atoms with Crippen LogP contribution in [-0.2, 0) is 23.9 Å². The second-order valence-corrected chi connectivity index (χ2v) is 8.91. The van der Waals surface area contributed by atoms with Gasteiger partial charge in [-0.2, -0.15) is 13.2 Å². The Morgan fingerprint density at radius 3 is 2.60 bits per heavy atom. The highest BCUT2D eigenvalue weighted by Crippen LogP contribution is 2.40. The molecule has 3 heterocycles. The fourth-order valence-corrected chi connectivity index (χ4v) is 5.01. The number of benzene rings is 2. The van der Waals surface area contributed by atoms with Gasteiger partial charge in [-0.25, -0.2) is 4.39 Å². The molecule has 1 saturated heterocycles. The van der Waals surface area contributed by atoms with Gasteiger partial charge in [-0.15, -0.1) is 0 Å². The Morgan fingerprint density at radius 2 is 1.89 bits per heavy atom. The van der Waals surface area contributed by atoms with E-state index >= 15 is 0 Å². The lowest BCUT2D eigenvalue weighted by Crippen LogP contribution is -2.61. The molecule has 2 aromatic carbocycles. The first-order chi connectivity index (χ1) is 16.8. The van der Waals surface area contributed by atoms with Crippen molar-refractivity contribution in [2.45, 2.75) is 25.2 Å². The molecule has 2 aliphatic heterocycles. The van der Waals surface area contributed by atoms with E-state index in [4.69, 9.17) is 0 Å². The Hall–Kier alpha value is -3.62. The van der Waals surface area contributed by atoms with Crippen molar-refractivity contribution < 1.29 is 22.4 Å². The first kappa shape index (κ1) is 23.1. The standard InChI is InChI=1S/C26H24F4N4O/c27-20-4-6-21(7-5-20)33-10-11-34-23-8-3-19(26(28,29)30)12-18(23)13-22(24(34)16-33)25(35)32-15-17-2-1-9-31-14-17/h1-9,12,14,22,24H,10-11,13,15-16H2,(H,32,35)/t22-,24+/m1/s1. The van der Waals surface area contributed by atoms with Crippen LogP contribution in [0.4, 0.5) is 28.9 Å². The monoisotopic (exact) mass is 484 g/mol. The summed E-state index contributed by atoms with van der Waals surface area (Å²) >= 11 is 0. The fourth-order valence-electron chi connectivity index (χ4n) is 5.01. The van der Waals surface area contributed by atoms with Gasteiger partial charge in [0.05, 0.1) is 17.5 Å². The van der Waals surface area contributed by atoms with Crippen molar-refractivity contribution in [3.8, 4) is 0 Å². The molecule has 0 aliphatic carbocycles. The van der Waals surface area contributed by atoms with Gasteiger partial charge in [0, 0.05) is 49.9 Å². The molecule has 0 unspecified atom stereocenters. The van der Waals surface area contributed by atoms with Gasteiger partial charge in [-0.1, -0.05) is 6.07 Å². The average Bonchev–Trinajstić information content (AvgIpc) is 2.86. The van der Waals surface area contributed by atoms with Crippen molar-refractivity contribution in [2.24, 2.45) is 5.92 Å². The summed E-state index contributed by atoms with van der Waals surface area (Å²) < 4.78 is 53.6. The molecule has 0 spiro atoms. The van der Waals surface area contributed by atoms with Crippen molar-refractivity contribution in [2.75, 3.05) is 29.4 Å². The maximum Gasteiger partial charge on any atom is 0.416 e. The number of nitrogens with zero attached hydrogens (tertiary/aromatic N) is 3. The van der Waals surface area contributed by atoms with Crippen LogP contribution in [0.15, 0.2) is 67.0 Å². The topological polar surface area (TPSA) is 48.5 Å². The second kappa shape index (κ2) is 9.20. The summed E-state index contributed by atoms with van der Waals surface area (Å²) in [7, 11) is 0. The first-order valence-corrected chi connectivity index (χ1v) is 11.4. The number of anilines is 2. The zero-order valence-electron chi connectivity index (χ0n) is 18.8. The Balaban J connectivity index is 1.44. The molecule has 182 valence electrons. The van der Waals surface area contributed by atoms with Gasteiger partial charge in [0.1, 0.15) is 5.82 Å². The highest BCUT2D eigenvalue weighted by atomic mass is 19.4. The number of fused-ring (bicyclic) bond motifs is 3. The molecule has 2 aliphatic rings. The van der Waals surface area contributed by atoms with Gasteiger partial charge in [-0.3, -0.25) is 9.78 Å². The summed E-state index contributed by atoms with van der Waals surface area (Å²) in [6.45, 7) is 1.92. The van der Waals surface area contributed by atoms with Crippen LogP contribution in [-0.4, -0.2) is 36.6 Å². The molecule has 1 fully saturated rings. The van der Waals surface area contributed by atoms with E-state index < -0.39 is 17.7 Å². The summed E-state index contributed by atoms with van der Waals surface area (Å²) in [5.74, 6) is -1.09. The third kappa shape index (κ3) is 4.80. The van der Waals surface area contributed by atoms with Crippen LogP contribution in [0.2, 0.25) is 0 Å². The van der Waals surface area contributed by atoms with Gasteiger partial charge in [0.25, 0.3) is 0 Å². The zero-order valence-corrected chi connectivity index (χ0v) is 18.8. The summed E-state index contributed by atoms with van der Waals surface area (Å²) in [5, 5.41) is 2.94. The Morgan fingerprint density at radius 1 is 1.09 bits per heavy atom. The van der Waals surface area contributed by atoms with Crippen LogP contribution in [0.3, 0.4) is 0 Å². The molecule has 1 aromatic heterocycles. The summed E-state index contributed by atoms with van der Waals surface area (Å²) in [5.41, 5.74) is 2.23. The fraction of sp³-hybridized carbons (Fsp3) is 0.308. The third-order valence-electron chi connectivity index (χ3n) is 6.76. The van der Waals surface area contributed by atoms with Crippen LogP contribution in [0.1, 0.15) is 16.7 Å². The van der Waals surface area contributed by atoms with Crippen molar-refractivity contribution in [1.82, 2.24) is 10.3 Å². The predicted octanol–water partition coefficient (Wildman–Crippen LogP) is 4.42. The van der Waals surface area contributed by atoms with Gasteiger partial charge >= 0.3 is 6.18 Å². The number of amides is 1. The number of hydrogen-bond acceptors (Lipinski definition) is 4. The molecule has 35 heavy (non-hydrogen) atoms. The SMILES string of the molecule is O=C(NCc1cccnc1)[C@@H]1Cc2cc(C(F)(F)F)ccc2N2CCN(c3ccc(F)cc3)C[C@@H]12. The van der Waals surface area contributed by atoms with Crippen molar-refractivity contribution in [3.05, 3.63) is 89.5 Å². The van der Waals surface area contributed by atoms with E-state index in [0.717, 1.165) is 23.0 Å². The number of halogens is 4. The lowest BCUT2D eigenvalue weighted by Gasteiger charge is -2.49. The van der Waals surface area contributed by atoms with E-state index in [1.165, 1.54) is 24.3 Å². The van der Waals surface area contributed by atoms with Gasteiger partial charge in [-0.05, 0) is 66.1 Å². The van der Waals surface area contributed by atoms with E-state index in [9.17, 15) is 22.4 Å². The minimum absolute atomic E-state index is 0.205. The average molecular weight is 484 g/mol. The predicted molar refractivity (Wildman–Crippen MR) is 124 cm³/mol. The van der Waals surface area contributed by atoms with E-state index in [1.54, 1.807) is 30.6 Å². The number of pyridine rings is 1. The summed E-state index contributed by atoms with van der Waals surface area (Å²) in [6, 6.07) is 13.4. The maximum atomic E-state index is 13.4. The van der Waals surface area contributed by atoms with E-state index in [1.807, 2.05) is 11.0 Å². The summed E-state index contributed by atoms with van der Waals surface area (Å²) in [6.07, 6.45) is -0.942. The zero-order chi connectivity index (χ0) is 24.6. The number of piperazine rings is 1. The number of rotatable bonds is 4. The molecule has 0 bridgehead atoms. The Labute approximate surface area is 200 Å². The molecule has 0 radical (unpaired) electrons. The molecular weight excluding hydrogens is 460 g/mol. The van der Waals surface area contributed by atoms with Crippen LogP contribution in [0.25, 0.3) is 0 Å². The van der Waals surface area contributed by atoms with Crippen LogP contribution >= 0.6 is 0 Å². The highest BCUT2D eigenvalue weighted by molar-refractivity contribution is 5.82. The number of carbonyl (C=O) groups excluding carboxylic acids is 1. The number of alkyl halides is 3. The Bertz CT molecular complexity index is 1200. The number of carbonyl (C=O) groups is 1. The molecule has 1 N–H and O–H groups in total. The number of aromatic nitrogens is 1. The first-order valence-electron chi connectivity index (χ1n) is 11.4. The number of nitrogens with one attached hydrogen (secondary N) is 1. The van der Waals surface area contributed by atoms with Crippen molar-refractivity contribution >= 4 is 17.3 Å². The van der Waals surface area contributed by atoms with Crippen LogP contribution < -0.4 is 15.1 Å². The lowest BCUT2D eigenvalue weighted by atomic mass is 9.82. The van der Waals surface area contributed by atoms with Crippen LogP contribution in [0, 0.1) is 11.7 Å². The molecule has 9 heteroatoms. The quantitative estimate of drug-likeness (QED) is 0.557. The molecule has 5 nitrogen and oxygen atoms in total. The molecule has 2 atom stereocenters. The normalized spacial score (nSPS) is 19.7. The molecule has 0 saturated carbocycles. The minimum Gasteiger partial charge on any atom is -0.368 e. The van der Waals surface area contributed by atoms with Gasteiger partial charge in [0.15, 0.2) is 0 Å². The van der Waals surface area contributed by atoms with E-state index in [-0.39, 0.29) is 30.7 Å².